The molecule has 4 aromatic carbocycles. The first-order valence-corrected chi connectivity index (χ1v) is 30.4. The molecule has 26 heteroatoms. The molecule has 444 valence electrons. The summed E-state index contributed by atoms with van der Waals surface area (Å²) in [7, 11) is 1.89. The van der Waals surface area contributed by atoms with Crippen molar-refractivity contribution in [1.82, 2.24) is 47.5 Å². The number of carboxylic acids is 1. The number of para-hydroxylation sites is 1. The van der Waals surface area contributed by atoms with Crippen molar-refractivity contribution in [1.29, 1.82) is 0 Å². The smallest absolute Gasteiger partial charge is 0.327 e. The number of aromatic amines is 1. The number of aliphatic hydroxyl groups is 1. The molecule has 0 aliphatic carbocycles. The minimum absolute atomic E-state index is 0.00294. The van der Waals surface area contributed by atoms with Crippen molar-refractivity contribution in [3.8, 4) is 5.75 Å². The van der Waals surface area contributed by atoms with E-state index in [1.165, 1.54) is 19.9 Å². The number of aromatic hydroxyl groups is 1. The summed E-state index contributed by atoms with van der Waals surface area (Å²) in [6, 6.07) is 16.1. The van der Waals surface area contributed by atoms with Crippen molar-refractivity contribution in [2.24, 2.45) is 11.5 Å². The number of nitrogens with one attached hydrogen (secondary N) is 9. The van der Waals surface area contributed by atoms with E-state index in [2.05, 4.69) is 47.5 Å². The van der Waals surface area contributed by atoms with Gasteiger partial charge in [0.15, 0.2) is 0 Å². The van der Waals surface area contributed by atoms with E-state index in [0.29, 0.717) is 38.7 Å². The summed E-state index contributed by atoms with van der Waals surface area (Å²) in [5, 5.41) is 53.3. The lowest BCUT2D eigenvalue weighted by molar-refractivity contribution is -0.141. The minimum atomic E-state index is -1.72. The van der Waals surface area contributed by atoms with Crippen LogP contribution in [-0.4, -0.2) is 152 Å². The molecule has 8 amide bonds. The number of amides is 8. The highest BCUT2D eigenvalue weighted by molar-refractivity contribution is 14.1. The number of halogens is 1. The van der Waals surface area contributed by atoms with Crippen LogP contribution >= 0.6 is 44.2 Å². The van der Waals surface area contributed by atoms with E-state index >= 15 is 0 Å². The Morgan fingerprint density at radius 1 is 0.663 bits per heavy atom. The van der Waals surface area contributed by atoms with Crippen LogP contribution in [0.25, 0.3) is 10.9 Å². The number of hydrogen-bond acceptors (Lipinski definition) is 15. The lowest BCUT2D eigenvalue weighted by atomic mass is 10.0. The number of fused-ring (bicyclic) bond motifs is 1. The van der Waals surface area contributed by atoms with Crippen LogP contribution in [0.3, 0.4) is 0 Å². The van der Waals surface area contributed by atoms with E-state index in [-0.39, 0.29) is 55.9 Å². The van der Waals surface area contributed by atoms with Crippen molar-refractivity contribution < 1.29 is 58.5 Å². The molecule has 0 unspecified atom stereocenters. The molecule has 10 atom stereocenters. The lowest BCUT2D eigenvalue weighted by Gasteiger charge is -2.28. The first-order chi connectivity index (χ1) is 39.7. The molecule has 1 aliphatic rings. The van der Waals surface area contributed by atoms with Gasteiger partial charge in [0.1, 0.15) is 54.1 Å². The van der Waals surface area contributed by atoms with E-state index in [1.54, 1.807) is 85.1 Å². The molecule has 0 radical (unpaired) electrons. The lowest BCUT2D eigenvalue weighted by Crippen LogP contribution is -2.62. The zero-order valence-corrected chi connectivity index (χ0v) is 49.4. The van der Waals surface area contributed by atoms with E-state index in [4.69, 9.17) is 11.5 Å². The second kappa shape index (κ2) is 32.0. The van der Waals surface area contributed by atoms with Gasteiger partial charge in [0.05, 0.1) is 15.7 Å². The number of aromatic nitrogens is 1. The Labute approximate surface area is 501 Å². The summed E-state index contributed by atoms with van der Waals surface area (Å²) in [5.41, 5.74) is 15.3. The number of aliphatic hydroxyl groups excluding tert-OH is 1. The van der Waals surface area contributed by atoms with Gasteiger partial charge in [-0.25, -0.2) is 4.79 Å². The van der Waals surface area contributed by atoms with Gasteiger partial charge in [-0.15, -0.1) is 0 Å². The van der Waals surface area contributed by atoms with E-state index in [1.807, 2.05) is 40.8 Å². The van der Waals surface area contributed by atoms with E-state index in [0.717, 1.165) is 32.5 Å². The number of carboxylic acid groups (broad SMARTS) is 1. The fourth-order valence-corrected chi connectivity index (χ4v) is 11.8. The Kier molecular flexibility index (Phi) is 25.0. The van der Waals surface area contributed by atoms with Crippen molar-refractivity contribution in [2.75, 3.05) is 18.1 Å². The number of aliphatic carboxylic acids is 1. The predicted molar refractivity (Wildman–Crippen MR) is 323 cm³/mol. The quantitative estimate of drug-likeness (QED) is 0.0372. The van der Waals surface area contributed by atoms with Crippen molar-refractivity contribution in [3.05, 3.63) is 135 Å². The van der Waals surface area contributed by atoms with Crippen molar-refractivity contribution in [3.63, 3.8) is 0 Å². The Hall–Kier alpha value is -7.24. The second-order valence-corrected chi connectivity index (χ2v) is 23.8. The maximum Gasteiger partial charge on any atom is 0.327 e. The fourth-order valence-electron chi connectivity index (χ4n) is 8.92. The average Bonchev–Trinajstić information content (AvgIpc) is 4.16. The van der Waals surface area contributed by atoms with Gasteiger partial charge in [-0.3, -0.25) is 38.4 Å². The van der Waals surface area contributed by atoms with Crippen molar-refractivity contribution >= 4 is 108 Å². The summed E-state index contributed by atoms with van der Waals surface area (Å²) < 4.78 is 0.513. The fraction of sp³-hybridized carbons (Fsp3) is 0.386. The SMILES string of the molecule is C[C@@H]1NC(=O)[C@H](Cc2ccccc2)NC(=O)[C@@H](NC(=O)[C@@H](N)Cc2ccc(O)c(I)c2)CSSC[C@@H](C(=O)O)NC(=O)[C@H](Cc2ccccc2)NC(=O)[C@H]([C@@H](C)O)NC(=O)[C@H](CCCCN)NC(=O)[C@H](Cc2c[nH]c3ccccc23)NC1=O. The molecular formula is C57H70IN11O12S2. The highest BCUT2D eigenvalue weighted by Crippen LogP contribution is 2.25. The first kappa shape index (κ1) is 64.9. The van der Waals surface area contributed by atoms with Gasteiger partial charge in [-0.05, 0) is 109 Å². The van der Waals surface area contributed by atoms with Gasteiger partial charge in [0.2, 0.25) is 47.3 Å². The monoisotopic (exact) mass is 1290 g/mol. The van der Waals surface area contributed by atoms with Gasteiger partial charge in [-0.2, -0.15) is 0 Å². The number of phenols is 1. The highest BCUT2D eigenvalue weighted by Gasteiger charge is 2.36. The number of rotatable bonds is 16. The van der Waals surface area contributed by atoms with Crippen LogP contribution < -0.4 is 54.0 Å². The van der Waals surface area contributed by atoms with Gasteiger partial charge in [-0.1, -0.05) is 107 Å². The zero-order valence-electron chi connectivity index (χ0n) is 45.6. The van der Waals surface area contributed by atoms with Crippen molar-refractivity contribution in [2.45, 2.75) is 119 Å². The maximum absolute atomic E-state index is 14.7. The topological polar surface area (TPSA) is 378 Å². The molecule has 1 saturated heterocycles. The standard InChI is InChI=1S/C57H70IN11O12S2/c1-31-49(72)64-44(27-36-28-61-40-18-10-9-17-37(36)40)54(77)63-41(19-11-12-22-59)51(74)69-48(32(2)70)56(79)66-43(26-34-15-7-4-8-16-34)53(76)68-46(57(80)81)30-83-82-29-45(67-50(73)39(60)24-35-20-21-47(71)38(58)23-35)55(78)65-42(52(75)62-31)25-33-13-5-3-6-14-33/h3-10,13-18,20-21,23,28,31-32,39,41-46,48,61,70-71H,11-12,19,22,24-27,29-30,59-60H2,1-2H3,(H,62,75)(H,63,77)(H,64,72)(H,65,78)(H,66,79)(H,67,73)(H,68,76)(H,69,74)(H,80,81)/t31-,32+,39-,41-,42-,43-,44-,45-,46-,48-/m0/s1. The molecule has 16 N–H and O–H groups in total. The van der Waals surface area contributed by atoms with Crippen LogP contribution in [0, 0.1) is 3.57 Å². The summed E-state index contributed by atoms with van der Waals surface area (Å²) in [6.07, 6.45) is 0.412. The Balaban J connectivity index is 1.37. The molecule has 0 spiro atoms. The molecule has 1 aromatic heterocycles. The number of H-pyrrole nitrogens is 1. The number of unbranched alkanes of at least 4 members (excludes halogenated alkanes) is 1. The summed E-state index contributed by atoms with van der Waals surface area (Å²) in [4.78, 5) is 131. The molecule has 83 heavy (non-hydrogen) atoms. The molecule has 1 fully saturated rings. The summed E-state index contributed by atoms with van der Waals surface area (Å²) in [6.45, 7) is 2.84. The van der Waals surface area contributed by atoms with E-state index < -0.39 is 114 Å². The number of phenolic OH excluding ortho intramolecular Hbond substituents is 1. The highest BCUT2D eigenvalue weighted by atomic mass is 127. The Morgan fingerprint density at radius 2 is 1.22 bits per heavy atom. The normalized spacial score (nSPS) is 23.0. The van der Waals surface area contributed by atoms with Gasteiger partial charge < -0.3 is 74.3 Å². The number of carbonyl (C=O) groups is 9. The third-order valence-electron chi connectivity index (χ3n) is 13.6. The predicted octanol–water partition coefficient (Wildman–Crippen LogP) is 0.964. The first-order valence-electron chi connectivity index (χ1n) is 26.8. The Bertz CT molecular complexity index is 3070. The maximum atomic E-state index is 14.7. The molecule has 23 nitrogen and oxygen atoms in total. The Morgan fingerprint density at radius 3 is 1.84 bits per heavy atom. The van der Waals surface area contributed by atoms with Crippen LogP contribution in [0.4, 0.5) is 0 Å². The number of nitrogens with two attached hydrogens (primary N) is 2. The number of hydrogen-bond donors (Lipinski definition) is 14. The van der Waals surface area contributed by atoms with Gasteiger partial charge in [0, 0.05) is 47.9 Å². The minimum Gasteiger partial charge on any atom is -0.507 e. The molecule has 0 saturated carbocycles. The summed E-state index contributed by atoms with van der Waals surface area (Å²) >= 11 is 1.93. The summed E-state index contributed by atoms with van der Waals surface area (Å²) in [5.74, 6) is -8.96. The molecule has 2 heterocycles. The molecule has 6 rings (SSSR count). The second-order valence-electron chi connectivity index (χ2n) is 20.1. The molecule has 0 bridgehead atoms. The van der Waals surface area contributed by atoms with Crippen LogP contribution in [0.5, 0.6) is 5.75 Å². The van der Waals surface area contributed by atoms with Crippen LogP contribution in [0.15, 0.2) is 109 Å². The number of benzene rings is 4. The van der Waals surface area contributed by atoms with Gasteiger partial charge in [0.25, 0.3) is 0 Å². The largest absolute Gasteiger partial charge is 0.507 e. The van der Waals surface area contributed by atoms with Crippen LogP contribution in [-0.2, 0) is 68.8 Å². The van der Waals surface area contributed by atoms with Gasteiger partial charge >= 0.3 is 5.97 Å². The van der Waals surface area contributed by atoms with E-state index in [9.17, 15) is 58.5 Å². The molecular weight excluding hydrogens is 1220 g/mol. The van der Waals surface area contributed by atoms with Crippen LogP contribution in [0.2, 0.25) is 0 Å². The number of carbonyl (C=O) groups excluding carboxylic acids is 8. The third-order valence-corrected chi connectivity index (χ3v) is 16.8. The molecule has 1 aliphatic heterocycles. The van der Waals surface area contributed by atoms with Crippen LogP contribution in [0.1, 0.15) is 55.4 Å². The zero-order chi connectivity index (χ0) is 60.2. The third kappa shape index (κ3) is 19.7. The average molecular weight is 1290 g/mol. The molecule has 5 aromatic rings.